The number of benzene rings is 3. The number of nitrogens with one attached hydrogen (secondary N) is 1. The molecule has 1 heterocycles. The number of ether oxygens (including phenoxy) is 1. The third-order valence-corrected chi connectivity index (χ3v) is 5.17. The van der Waals surface area contributed by atoms with Crippen molar-refractivity contribution in [3.05, 3.63) is 78.1 Å². The highest BCUT2D eigenvalue weighted by molar-refractivity contribution is 5.94. The number of fused-ring (bicyclic) bond motifs is 1. The molecule has 4 aromatic rings. The van der Waals surface area contributed by atoms with E-state index in [4.69, 9.17) is 9.15 Å². The zero-order valence-electron chi connectivity index (χ0n) is 17.4. The summed E-state index contributed by atoms with van der Waals surface area (Å²) in [5.41, 5.74) is 3.49. The molecule has 0 spiro atoms. The van der Waals surface area contributed by atoms with Crippen molar-refractivity contribution in [2.75, 3.05) is 11.9 Å². The normalized spacial score (nSPS) is 12.0. The Hall–Kier alpha value is -3.67. The summed E-state index contributed by atoms with van der Waals surface area (Å²) in [5, 5.41) is 2.80. The zero-order valence-corrected chi connectivity index (χ0v) is 17.4. The highest BCUT2D eigenvalue weighted by Gasteiger charge is 2.11. The van der Waals surface area contributed by atoms with E-state index in [1.807, 2.05) is 24.3 Å². The van der Waals surface area contributed by atoms with Crippen LogP contribution in [0.3, 0.4) is 0 Å². The van der Waals surface area contributed by atoms with Gasteiger partial charge < -0.3 is 14.5 Å². The van der Waals surface area contributed by atoms with Gasteiger partial charge in [0.2, 0.25) is 5.89 Å². The van der Waals surface area contributed by atoms with Gasteiger partial charge in [-0.25, -0.2) is 9.37 Å². The van der Waals surface area contributed by atoms with Gasteiger partial charge in [-0.2, -0.15) is 0 Å². The maximum Gasteiger partial charge on any atom is 0.262 e. The Kier molecular flexibility index (Phi) is 5.98. The van der Waals surface area contributed by atoms with E-state index in [0.717, 1.165) is 6.42 Å². The first-order chi connectivity index (χ1) is 15.0. The second kappa shape index (κ2) is 9.00. The van der Waals surface area contributed by atoms with Crippen LogP contribution in [0.5, 0.6) is 5.75 Å². The molecule has 1 atom stereocenters. The Morgan fingerprint density at radius 3 is 2.68 bits per heavy atom. The van der Waals surface area contributed by atoms with Crippen LogP contribution in [0.2, 0.25) is 0 Å². The SMILES string of the molecule is CC[C@H](C)c1ccc(OCC(=O)Nc2ccc3oc(-c4cccc(F)c4)nc3c2)cc1. The van der Waals surface area contributed by atoms with E-state index in [2.05, 4.69) is 24.1 Å². The minimum absolute atomic E-state index is 0.103. The van der Waals surface area contributed by atoms with Crippen molar-refractivity contribution < 1.29 is 18.3 Å². The highest BCUT2D eigenvalue weighted by atomic mass is 19.1. The number of hydrogen-bond donors (Lipinski definition) is 1. The van der Waals surface area contributed by atoms with Crippen molar-refractivity contribution in [3.63, 3.8) is 0 Å². The van der Waals surface area contributed by atoms with Crippen molar-refractivity contribution in [2.24, 2.45) is 0 Å². The number of rotatable bonds is 7. The van der Waals surface area contributed by atoms with E-state index in [-0.39, 0.29) is 18.3 Å². The molecule has 0 bridgehead atoms. The standard InChI is InChI=1S/C25H23FN2O3/c1-3-16(2)17-7-10-21(11-8-17)30-15-24(29)27-20-9-12-23-22(14-20)28-25(31-23)18-5-4-6-19(26)13-18/h4-14,16H,3,15H2,1-2H3,(H,27,29)/t16-/m0/s1. The molecule has 0 fully saturated rings. The summed E-state index contributed by atoms with van der Waals surface area (Å²) >= 11 is 0. The van der Waals surface area contributed by atoms with Crippen LogP contribution < -0.4 is 10.1 Å². The highest BCUT2D eigenvalue weighted by Crippen LogP contribution is 2.27. The van der Waals surface area contributed by atoms with Gasteiger partial charge in [-0.3, -0.25) is 4.79 Å². The van der Waals surface area contributed by atoms with Crippen LogP contribution in [0.15, 0.2) is 71.1 Å². The van der Waals surface area contributed by atoms with E-state index >= 15 is 0 Å². The lowest BCUT2D eigenvalue weighted by atomic mass is 9.99. The van der Waals surface area contributed by atoms with Crippen molar-refractivity contribution in [2.45, 2.75) is 26.2 Å². The molecular formula is C25H23FN2O3. The molecule has 0 unspecified atom stereocenters. The molecule has 1 N–H and O–H groups in total. The van der Waals surface area contributed by atoms with Crippen LogP contribution in [-0.4, -0.2) is 17.5 Å². The van der Waals surface area contributed by atoms with Crippen molar-refractivity contribution in [3.8, 4) is 17.2 Å². The lowest BCUT2D eigenvalue weighted by Gasteiger charge is -2.11. The van der Waals surface area contributed by atoms with E-state index in [0.29, 0.717) is 39.9 Å². The second-order valence-corrected chi connectivity index (χ2v) is 7.43. The average molecular weight is 418 g/mol. The minimum Gasteiger partial charge on any atom is -0.484 e. The summed E-state index contributed by atoms with van der Waals surface area (Å²) in [7, 11) is 0. The molecule has 1 amide bonds. The van der Waals surface area contributed by atoms with Crippen molar-refractivity contribution >= 4 is 22.7 Å². The first kappa shape index (κ1) is 20.6. The number of carbonyl (C=O) groups is 1. The summed E-state index contributed by atoms with van der Waals surface area (Å²) in [6.45, 7) is 4.22. The Morgan fingerprint density at radius 1 is 1.13 bits per heavy atom. The van der Waals surface area contributed by atoms with Gasteiger partial charge in [-0.1, -0.05) is 32.0 Å². The van der Waals surface area contributed by atoms with Gasteiger partial charge in [0, 0.05) is 11.3 Å². The molecule has 0 saturated carbocycles. The summed E-state index contributed by atoms with van der Waals surface area (Å²) in [6.07, 6.45) is 1.07. The molecule has 6 heteroatoms. The molecule has 0 saturated heterocycles. The first-order valence-corrected chi connectivity index (χ1v) is 10.2. The van der Waals surface area contributed by atoms with Crippen LogP contribution in [0, 0.1) is 5.82 Å². The fourth-order valence-electron chi connectivity index (χ4n) is 3.22. The van der Waals surface area contributed by atoms with E-state index < -0.39 is 0 Å². The molecule has 0 aliphatic rings. The summed E-state index contributed by atoms with van der Waals surface area (Å²) in [5.74, 6) is 0.822. The first-order valence-electron chi connectivity index (χ1n) is 10.2. The van der Waals surface area contributed by atoms with Crippen molar-refractivity contribution in [1.82, 2.24) is 4.98 Å². The van der Waals surface area contributed by atoms with Gasteiger partial charge in [-0.15, -0.1) is 0 Å². The van der Waals surface area contributed by atoms with Crippen molar-refractivity contribution in [1.29, 1.82) is 0 Å². The van der Waals surface area contributed by atoms with Gasteiger partial charge >= 0.3 is 0 Å². The topological polar surface area (TPSA) is 64.4 Å². The van der Waals surface area contributed by atoms with Gasteiger partial charge in [-0.05, 0) is 66.4 Å². The Bertz CT molecular complexity index is 1200. The second-order valence-electron chi connectivity index (χ2n) is 7.43. The lowest BCUT2D eigenvalue weighted by Crippen LogP contribution is -2.20. The largest absolute Gasteiger partial charge is 0.484 e. The van der Waals surface area contributed by atoms with Gasteiger partial charge in [0.05, 0.1) is 0 Å². The fraction of sp³-hybridized carbons (Fsp3) is 0.200. The molecule has 5 nitrogen and oxygen atoms in total. The zero-order chi connectivity index (χ0) is 21.8. The maximum absolute atomic E-state index is 13.5. The number of aromatic nitrogens is 1. The minimum atomic E-state index is -0.359. The summed E-state index contributed by atoms with van der Waals surface area (Å²) in [4.78, 5) is 16.7. The number of nitrogens with zero attached hydrogens (tertiary/aromatic N) is 1. The lowest BCUT2D eigenvalue weighted by molar-refractivity contribution is -0.118. The number of hydrogen-bond acceptors (Lipinski definition) is 4. The smallest absolute Gasteiger partial charge is 0.262 e. The molecule has 1 aromatic heterocycles. The Morgan fingerprint density at radius 2 is 1.94 bits per heavy atom. The van der Waals surface area contributed by atoms with E-state index in [9.17, 15) is 9.18 Å². The molecule has 158 valence electrons. The molecule has 3 aromatic carbocycles. The fourth-order valence-corrected chi connectivity index (χ4v) is 3.22. The van der Waals surface area contributed by atoms with Crippen LogP contribution in [0.25, 0.3) is 22.6 Å². The number of halogens is 1. The Balaban J connectivity index is 1.39. The van der Waals surface area contributed by atoms with Gasteiger partial charge in [0.1, 0.15) is 17.1 Å². The third-order valence-electron chi connectivity index (χ3n) is 5.17. The summed E-state index contributed by atoms with van der Waals surface area (Å²) < 4.78 is 24.7. The van der Waals surface area contributed by atoms with Crippen LogP contribution in [0.4, 0.5) is 10.1 Å². The summed E-state index contributed by atoms with van der Waals surface area (Å²) in [6, 6.07) is 19.0. The quantitative estimate of drug-likeness (QED) is 0.390. The number of anilines is 1. The molecule has 4 rings (SSSR count). The average Bonchev–Trinajstić information content (AvgIpc) is 3.21. The number of oxazole rings is 1. The number of amides is 1. The predicted molar refractivity (Wildman–Crippen MR) is 119 cm³/mol. The van der Waals surface area contributed by atoms with Gasteiger partial charge in [0.25, 0.3) is 5.91 Å². The van der Waals surface area contributed by atoms with Gasteiger partial charge in [0.15, 0.2) is 12.2 Å². The predicted octanol–water partition coefficient (Wildman–Crippen LogP) is 6.16. The van der Waals surface area contributed by atoms with Crippen LogP contribution in [-0.2, 0) is 4.79 Å². The molecular weight excluding hydrogens is 395 g/mol. The third kappa shape index (κ3) is 4.91. The molecule has 0 aliphatic carbocycles. The van der Waals surface area contributed by atoms with Crippen LogP contribution in [0.1, 0.15) is 31.7 Å². The molecule has 31 heavy (non-hydrogen) atoms. The Labute approximate surface area is 179 Å². The van der Waals surface area contributed by atoms with Crippen LogP contribution >= 0.6 is 0 Å². The maximum atomic E-state index is 13.5. The van der Waals surface area contributed by atoms with E-state index in [1.54, 1.807) is 30.3 Å². The molecule has 0 radical (unpaired) electrons. The molecule has 0 aliphatic heterocycles. The van der Waals surface area contributed by atoms with E-state index in [1.165, 1.54) is 17.7 Å². The number of carbonyl (C=O) groups excluding carboxylic acids is 1. The monoisotopic (exact) mass is 418 g/mol.